The summed E-state index contributed by atoms with van der Waals surface area (Å²) in [6, 6.07) is 5.29. The smallest absolute Gasteiger partial charge is 0.165 e. The highest BCUT2D eigenvalue weighted by Gasteiger charge is 2.17. The predicted molar refractivity (Wildman–Crippen MR) is 79.6 cm³/mol. The average Bonchev–Trinajstić information content (AvgIpc) is 2.47. The Bertz CT molecular complexity index is 430. The summed E-state index contributed by atoms with van der Waals surface area (Å²) in [7, 11) is 3.68. The molecule has 0 aliphatic carbocycles. The van der Waals surface area contributed by atoms with E-state index in [0.717, 1.165) is 18.0 Å². The molecule has 1 unspecified atom stereocenters. The third-order valence-electron chi connectivity index (χ3n) is 4.23. The Morgan fingerprint density at radius 2 is 2.10 bits per heavy atom. The second kappa shape index (κ2) is 7.04. The molecule has 0 aromatic heterocycles. The standard InChI is InChI=1S/C16H25FN2O/c1-12(14-4-5-15(17)16(10-14)20-3)18-11-13-6-8-19(2)9-7-13/h4-5,10,12-13,18H,6-9,11H2,1-3H3. The number of benzene rings is 1. The van der Waals surface area contributed by atoms with Crippen molar-refractivity contribution >= 4 is 0 Å². The van der Waals surface area contributed by atoms with Crippen LogP contribution in [0.2, 0.25) is 0 Å². The molecular weight excluding hydrogens is 255 g/mol. The van der Waals surface area contributed by atoms with Crippen LogP contribution < -0.4 is 10.1 Å². The number of methoxy groups -OCH3 is 1. The maximum absolute atomic E-state index is 13.4. The number of nitrogens with zero attached hydrogens (tertiary/aromatic N) is 1. The van der Waals surface area contributed by atoms with E-state index in [2.05, 4.69) is 24.2 Å². The Labute approximate surface area is 121 Å². The first-order chi connectivity index (χ1) is 9.60. The van der Waals surface area contributed by atoms with E-state index in [0.29, 0.717) is 5.75 Å². The molecule has 0 bridgehead atoms. The van der Waals surface area contributed by atoms with Crippen LogP contribution in [0.25, 0.3) is 0 Å². The molecule has 1 fully saturated rings. The molecule has 1 aliphatic heterocycles. The number of nitrogens with one attached hydrogen (secondary N) is 1. The van der Waals surface area contributed by atoms with Gasteiger partial charge in [0.15, 0.2) is 11.6 Å². The summed E-state index contributed by atoms with van der Waals surface area (Å²) in [5.41, 5.74) is 1.07. The van der Waals surface area contributed by atoms with Crippen molar-refractivity contribution in [2.75, 3.05) is 33.8 Å². The van der Waals surface area contributed by atoms with Crippen LogP contribution in [0.3, 0.4) is 0 Å². The number of hydrogen-bond donors (Lipinski definition) is 1. The number of likely N-dealkylation sites (tertiary alicyclic amines) is 1. The fourth-order valence-electron chi connectivity index (χ4n) is 2.67. The minimum atomic E-state index is -0.307. The van der Waals surface area contributed by atoms with E-state index in [4.69, 9.17) is 4.74 Å². The molecule has 4 heteroatoms. The summed E-state index contributed by atoms with van der Waals surface area (Å²) < 4.78 is 18.4. The van der Waals surface area contributed by atoms with Crippen molar-refractivity contribution in [1.29, 1.82) is 0 Å². The van der Waals surface area contributed by atoms with Crippen LogP contribution in [0.15, 0.2) is 18.2 Å². The van der Waals surface area contributed by atoms with Crippen molar-refractivity contribution in [2.45, 2.75) is 25.8 Å². The van der Waals surface area contributed by atoms with Gasteiger partial charge in [-0.3, -0.25) is 0 Å². The summed E-state index contributed by atoms with van der Waals surface area (Å²) in [6.45, 7) is 5.51. The highest BCUT2D eigenvalue weighted by Crippen LogP contribution is 2.23. The van der Waals surface area contributed by atoms with E-state index in [1.807, 2.05) is 6.07 Å². The third kappa shape index (κ3) is 3.93. The lowest BCUT2D eigenvalue weighted by atomic mass is 9.96. The van der Waals surface area contributed by atoms with Crippen LogP contribution in [0.1, 0.15) is 31.4 Å². The molecule has 0 amide bonds. The van der Waals surface area contributed by atoms with E-state index in [-0.39, 0.29) is 11.9 Å². The maximum Gasteiger partial charge on any atom is 0.165 e. The van der Waals surface area contributed by atoms with E-state index in [1.54, 1.807) is 6.07 Å². The molecule has 0 spiro atoms. The second-order valence-corrected chi connectivity index (χ2v) is 5.77. The van der Waals surface area contributed by atoms with Gasteiger partial charge in [0.1, 0.15) is 0 Å². The number of rotatable bonds is 5. The van der Waals surface area contributed by atoms with Crippen molar-refractivity contribution < 1.29 is 9.13 Å². The van der Waals surface area contributed by atoms with E-state index in [1.165, 1.54) is 39.1 Å². The second-order valence-electron chi connectivity index (χ2n) is 5.77. The molecule has 1 atom stereocenters. The van der Waals surface area contributed by atoms with Crippen molar-refractivity contribution in [3.8, 4) is 5.75 Å². The van der Waals surface area contributed by atoms with Crippen LogP contribution >= 0.6 is 0 Å². The molecule has 1 saturated heterocycles. The van der Waals surface area contributed by atoms with Crippen molar-refractivity contribution in [2.24, 2.45) is 5.92 Å². The minimum Gasteiger partial charge on any atom is -0.494 e. The van der Waals surface area contributed by atoms with Gasteiger partial charge in [-0.15, -0.1) is 0 Å². The molecule has 112 valence electrons. The highest BCUT2D eigenvalue weighted by molar-refractivity contribution is 5.31. The molecule has 1 heterocycles. The van der Waals surface area contributed by atoms with Crippen LogP contribution in [-0.2, 0) is 0 Å². The van der Waals surface area contributed by atoms with Crippen molar-refractivity contribution in [1.82, 2.24) is 10.2 Å². The molecule has 2 rings (SSSR count). The molecule has 0 radical (unpaired) electrons. The van der Waals surface area contributed by atoms with Gasteiger partial charge in [-0.1, -0.05) is 6.07 Å². The van der Waals surface area contributed by atoms with E-state index < -0.39 is 0 Å². The lowest BCUT2D eigenvalue weighted by Crippen LogP contribution is -2.35. The summed E-state index contributed by atoms with van der Waals surface area (Å²) in [5, 5.41) is 3.56. The zero-order valence-electron chi connectivity index (χ0n) is 12.7. The Balaban J connectivity index is 1.86. The van der Waals surface area contributed by atoms with Crippen LogP contribution in [0, 0.1) is 11.7 Å². The Hall–Kier alpha value is -1.13. The fourth-order valence-corrected chi connectivity index (χ4v) is 2.67. The maximum atomic E-state index is 13.4. The number of piperidine rings is 1. The Morgan fingerprint density at radius 1 is 1.40 bits per heavy atom. The molecule has 3 nitrogen and oxygen atoms in total. The quantitative estimate of drug-likeness (QED) is 0.897. The Kier molecular flexibility index (Phi) is 5.38. The lowest BCUT2D eigenvalue weighted by Gasteiger charge is -2.30. The van der Waals surface area contributed by atoms with Gasteiger partial charge in [-0.25, -0.2) is 4.39 Å². The highest BCUT2D eigenvalue weighted by atomic mass is 19.1. The number of hydrogen-bond acceptors (Lipinski definition) is 3. The van der Waals surface area contributed by atoms with Crippen LogP contribution in [-0.4, -0.2) is 38.7 Å². The molecular formula is C16H25FN2O. The van der Waals surface area contributed by atoms with E-state index >= 15 is 0 Å². The summed E-state index contributed by atoms with van der Waals surface area (Å²) >= 11 is 0. The van der Waals surface area contributed by atoms with Gasteiger partial charge in [0.2, 0.25) is 0 Å². The van der Waals surface area contributed by atoms with Gasteiger partial charge in [0.25, 0.3) is 0 Å². The third-order valence-corrected chi connectivity index (χ3v) is 4.23. The molecule has 1 N–H and O–H groups in total. The molecule has 1 aromatic rings. The Morgan fingerprint density at radius 3 is 2.75 bits per heavy atom. The topological polar surface area (TPSA) is 24.5 Å². The van der Waals surface area contributed by atoms with Gasteiger partial charge in [0.05, 0.1) is 7.11 Å². The first kappa shape index (κ1) is 15.3. The molecule has 1 aromatic carbocycles. The zero-order valence-corrected chi connectivity index (χ0v) is 12.7. The summed E-state index contributed by atoms with van der Waals surface area (Å²) in [5.74, 6) is 0.755. The summed E-state index contributed by atoms with van der Waals surface area (Å²) in [6.07, 6.45) is 2.51. The number of ether oxygens (including phenoxy) is 1. The minimum absolute atomic E-state index is 0.212. The average molecular weight is 280 g/mol. The van der Waals surface area contributed by atoms with Crippen LogP contribution in [0.5, 0.6) is 5.75 Å². The van der Waals surface area contributed by atoms with Gasteiger partial charge in [0, 0.05) is 6.04 Å². The molecule has 1 aliphatic rings. The van der Waals surface area contributed by atoms with Crippen molar-refractivity contribution in [3.63, 3.8) is 0 Å². The van der Waals surface area contributed by atoms with E-state index in [9.17, 15) is 4.39 Å². The molecule has 20 heavy (non-hydrogen) atoms. The van der Waals surface area contributed by atoms with Crippen molar-refractivity contribution in [3.05, 3.63) is 29.6 Å². The summed E-state index contributed by atoms with van der Waals surface area (Å²) in [4.78, 5) is 2.38. The van der Waals surface area contributed by atoms with Gasteiger partial charge in [-0.2, -0.15) is 0 Å². The first-order valence-corrected chi connectivity index (χ1v) is 7.35. The lowest BCUT2D eigenvalue weighted by molar-refractivity contribution is 0.213. The normalized spacial score (nSPS) is 19.0. The number of halogens is 1. The van der Waals surface area contributed by atoms with Gasteiger partial charge in [-0.05, 0) is 70.1 Å². The SMILES string of the molecule is COc1cc(C(C)NCC2CCN(C)CC2)ccc1F. The zero-order chi connectivity index (χ0) is 14.5. The monoisotopic (exact) mass is 280 g/mol. The van der Waals surface area contributed by atoms with Gasteiger partial charge < -0.3 is 15.0 Å². The van der Waals surface area contributed by atoms with Crippen LogP contribution in [0.4, 0.5) is 4.39 Å². The molecule has 0 saturated carbocycles. The first-order valence-electron chi connectivity index (χ1n) is 7.35. The predicted octanol–water partition coefficient (Wildman–Crippen LogP) is 2.83. The fraction of sp³-hybridized carbons (Fsp3) is 0.625. The van der Waals surface area contributed by atoms with Gasteiger partial charge >= 0.3 is 0 Å². The largest absolute Gasteiger partial charge is 0.494 e.